The minimum atomic E-state index is -0.192. The number of hydrogen-bond acceptors (Lipinski definition) is 4. The zero-order valence-electron chi connectivity index (χ0n) is 18.0. The number of aryl methyl sites for hydroxylation is 1. The molecule has 2 aromatic carbocycles. The van der Waals surface area contributed by atoms with E-state index < -0.39 is 0 Å². The van der Waals surface area contributed by atoms with Crippen molar-refractivity contribution in [3.05, 3.63) is 90.4 Å². The Morgan fingerprint density at radius 1 is 0.969 bits per heavy atom. The third-order valence-electron chi connectivity index (χ3n) is 5.84. The number of para-hydroxylation sites is 1. The number of benzene rings is 2. The molecule has 0 radical (unpaired) electrons. The fraction of sp³-hybridized carbons (Fsp3) is 0.192. The highest BCUT2D eigenvalue weighted by molar-refractivity contribution is 6.08. The highest BCUT2D eigenvalue weighted by Crippen LogP contribution is 2.28. The van der Waals surface area contributed by atoms with Crippen LogP contribution >= 0.6 is 0 Å². The van der Waals surface area contributed by atoms with Gasteiger partial charge in [-0.25, -0.2) is 4.68 Å². The van der Waals surface area contributed by atoms with Crippen LogP contribution in [0.5, 0.6) is 0 Å². The Bertz CT molecular complexity index is 1230. The highest BCUT2D eigenvalue weighted by atomic mass is 16.1. The Balaban J connectivity index is 1.47. The van der Waals surface area contributed by atoms with Gasteiger partial charge in [-0.3, -0.25) is 9.78 Å². The minimum absolute atomic E-state index is 0.192. The van der Waals surface area contributed by atoms with Crippen LogP contribution in [0.1, 0.15) is 28.8 Å². The zero-order valence-corrected chi connectivity index (χ0v) is 18.0. The third-order valence-corrected chi connectivity index (χ3v) is 5.84. The molecule has 0 bridgehead atoms. The molecule has 1 N–H and O–H groups in total. The summed E-state index contributed by atoms with van der Waals surface area (Å²) in [6, 6.07) is 19.8. The molecule has 6 heteroatoms. The summed E-state index contributed by atoms with van der Waals surface area (Å²) in [6.45, 7) is 4.22. The van der Waals surface area contributed by atoms with Crippen molar-refractivity contribution in [2.24, 2.45) is 0 Å². The van der Waals surface area contributed by atoms with Crippen LogP contribution in [-0.4, -0.2) is 33.8 Å². The van der Waals surface area contributed by atoms with Crippen molar-refractivity contribution < 1.29 is 4.79 Å². The van der Waals surface area contributed by atoms with Crippen molar-refractivity contribution in [1.82, 2.24) is 14.8 Å². The number of amides is 1. The zero-order chi connectivity index (χ0) is 21.9. The minimum Gasteiger partial charge on any atom is -0.372 e. The molecule has 6 nitrogen and oxygen atoms in total. The Labute approximate surface area is 187 Å². The van der Waals surface area contributed by atoms with E-state index in [2.05, 4.69) is 27.3 Å². The first-order chi connectivity index (χ1) is 15.7. The Hall–Kier alpha value is -3.93. The number of hydrogen-bond donors (Lipinski definition) is 1. The SMILES string of the molecule is Cc1cc(N2CCCC2)ccc1NC(=O)c1cn(-c2ccccc2)nc1-c1cccnc1. The molecule has 160 valence electrons. The molecule has 5 rings (SSSR count). The van der Waals surface area contributed by atoms with Gasteiger partial charge in [-0.15, -0.1) is 0 Å². The van der Waals surface area contributed by atoms with Gasteiger partial charge < -0.3 is 10.2 Å². The van der Waals surface area contributed by atoms with Gasteiger partial charge in [-0.05, 0) is 67.8 Å². The van der Waals surface area contributed by atoms with Gasteiger partial charge in [0.05, 0.1) is 11.3 Å². The second-order valence-corrected chi connectivity index (χ2v) is 8.06. The average Bonchev–Trinajstić information content (AvgIpc) is 3.52. The molecule has 0 saturated carbocycles. The lowest BCUT2D eigenvalue weighted by molar-refractivity contribution is 0.102. The number of aromatic nitrogens is 3. The monoisotopic (exact) mass is 423 g/mol. The van der Waals surface area contributed by atoms with Gasteiger partial charge in [0.2, 0.25) is 0 Å². The molecule has 1 amide bonds. The van der Waals surface area contributed by atoms with Gasteiger partial charge in [-0.2, -0.15) is 5.10 Å². The van der Waals surface area contributed by atoms with Gasteiger partial charge in [0.25, 0.3) is 5.91 Å². The summed E-state index contributed by atoms with van der Waals surface area (Å²) in [5.41, 5.74) is 5.86. The summed E-state index contributed by atoms with van der Waals surface area (Å²) in [5, 5.41) is 7.80. The number of anilines is 2. The number of carbonyl (C=O) groups is 1. The number of nitrogens with one attached hydrogen (secondary N) is 1. The molecule has 0 aliphatic carbocycles. The molecule has 4 aromatic rings. The van der Waals surface area contributed by atoms with Crippen LogP contribution < -0.4 is 10.2 Å². The molecule has 0 unspecified atom stereocenters. The first kappa shape index (κ1) is 20.0. The maximum Gasteiger partial charge on any atom is 0.259 e. The fourth-order valence-electron chi connectivity index (χ4n) is 4.12. The smallest absolute Gasteiger partial charge is 0.259 e. The van der Waals surface area contributed by atoms with Crippen LogP contribution in [0.3, 0.4) is 0 Å². The summed E-state index contributed by atoms with van der Waals surface area (Å²) < 4.78 is 1.74. The lowest BCUT2D eigenvalue weighted by Gasteiger charge is -2.19. The molecular formula is C26H25N5O. The highest BCUT2D eigenvalue weighted by Gasteiger charge is 2.20. The van der Waals surface area contributed by atoms with E-state index in [-0.39, 0.29) is 5.91 Å². The van der Waals surface area contributed by atoms with Crippen molar-refractivity contribution >= 4 is 17.3 Å². The number of pyridine rings is 1. The van der Waals surface area contributed by atoms with E-state index in [0.717, 1.165) is 35.6 Å². The quantitative estimate of drug-likeness (QED) is 0.485. The first-order valence-corrected chi connectivity index (χ1v) is 10.9. The molecule has 1 aliphatic rings. The molecule has 0 atom stereocenters. The van der Waals surface area contributed by atoms with Gasteiger partial charge in [-0.1, -0.05) is 18.2 Å². The second-order valence-electron chi connectivity index (χ2n) is 8.06. The van der Waals surface area contributed by atoms with E-state index in [0.29, 0.717) is 11.3 Å². The summed E-state index contributed by atoms with van der Waals surface area (Å²) >= 11 is 0. The Morgan fingerprint density at radius 3 is 2.50 bits per heavy atom. The summed E-state index contributed by atoms with van der Waals surface area (Å²) in [6.07, 6.45) is 7.69. The standard InChI is InChI=1S/C26H25N5O/c1-19-16-22(30-14-5-6-15-30)11-12-24(19)28-26(32)23-18-31(21-9-3-2-4-10-21)29-25(23)20-8-7-13-27-17-20/h2-4,7-13,16-18H,5-6,14-15H2,1H3,(H,28,32). The predicted molar refractivity (Wildman–Crippen MR) is 127 cm³/mol. The second kappa shape index (κ2) is 8.67. The molecule has 1 saturated heterocycles. The molecule has 2 aromatic heterocycles. The third kappa shape index (κ3) is 3.99. The van der Waals surface area contributed by atoms with Crippen LogP contribution in [0, 0.1) is 6.92 Å². The molecule has 0 spiro atoms. The largest absolute Gasteiger partial charge is 0.372 e. The fourth-order valence-corrected chi connectivity index (χ4v) is 4.12. The van der Waals surface area contributed by atoms with E-state index in [1.807, 2.05) is 55.5 Å². The number of nitrogens with zero attached hydrogens (tertiary/aromatic N) is 4. The lowest BCUT2D eigenvalue weighted by atomic mass is 10.1. The summed E-state index contributed by atoms with van der Waals surface area (Å²) in [4.78, 5) is 19.9. The van der Waals surface area contributed by atoms with Gasteiger partial charge in [0.1, 0.15) is 5.69 Å². The van der Waals surface area contributed by atoms with Gasteiger partial charge >= 0.3 is 0 Å². The maximum absolute atomic E-state index is 13.4. The van der Waals surface area contributed by atoms with E-state index in [9.17, 15) is 4.79 Å². The summed E-state index contributed by atoms with van der Waals surface area (Å²) in [5.74, 6) is -0.192. The van der Waals surface area contributed by atoms with Gasteiger partial charge in [0, 0.05) is 48.6 Å². The molecule has 1 fully saturated rings. The van der Waals surface area contributed by atoms with E-state index in [1.165, 1.54) is 18.5 Å². The van der Waals surface area contributed by atoms with Crippen molar-refractivity contribution in [3.63, 3.8) is 0 Å². The van der Waals surface area contributed by atoms with E-state index in [1.54, 1.807) is 23.3 Å². The van der Waals surface area contributed by atoms with Crippen LogP contribution in [-0.2, 0) is 0 Å². The van der Waals surface area contributed by atoms with E-state index in [4.69, 9.17) is 5.10 Å². The van der Waals surface area contributed by atoms with Crippen LogP contribution in [0.15, 0.2) is 79.3 Å². The topological polar surface area (TPSA) is 63.1 Å². The molecule has 3 heterocycles. The summed E-state index contributed by atoms with van der Waals surface area (Å²) in [7, 11) is 0. The molecule has 32 heavy (non-hydrogen) atoms. The molecular weight excluding hydrogens is 398 g/mol. The van der Waals surface area contributed by atoms with Crippen molar-refractivity contribution in [1.29, 1.82) is 0 Å². The lowest BCUT2D eigenvalue weighted by Crippen LogP contribution is -2.18. The first-order valence-electron chi connectivity index (χ1n) is 10.9. The van der Waals surface area contributed by atoms with Crippen molar-refractivity contribution in [2.45, 2.75) is 19.8 Å². The van der Waals surface area contributed by atoms with Crippen LogP contribution in [0.25, 0.3) is 16.9 Å². The maximum atomic E-state index is 13.4. The Kier molecular flexibility index (Phi) is 5.42. The predicted octanol–water partition coefficient (Wildman–Crippen LogP) is 5.10. The van der Waals surface area contributed by atoms with Gasteiger partial charge in [0.15, 0.2) is 0 Å². The molecule has 1 aliphatic heterocycles. The van der Waals surface area contributed by atoms with E-state index >= 15 is 0 Å². The van der Waals surface area contributed by atoms with Crippen LogP contribution in [0.2, 0.25) is 0 Å². The number of rotatable bonds is 5. The average molecular weight is 424 g/mol. The van der Waals surface area contributed by atoms with Crippen LogP contribution in [0.4, 0.5) is 11.4 Å². The Morgan fingerprint density at radius 2 is 1.78 bits per heavy atom. The van der Waals surface area contributed by atoms with Crippen molar-refractivity contribution in [3.8, 4) is 16.9 Å². The van der Waals surface area contributed by atoms with Crippen molar-refractivity contribution in [2.75, 3.05) is 23.3 Å². The normalized spacial score (nSPS) is 13.3. The number of carbonyl (C=O) groups excluding carboxylic acids is 1.